The summed E-state index contributed by atoms with van der Waals surface area (Å²) < 4.78 is 0. The lowest BCUT2D eigenvalue weighted by atomic mass is 10.1. The summed E-state index contributed by atoms with van der Waals surface area (Å²) in [6.07, 6.45) is 3.83. The predicted octanol–water partition coefficient (Wildman–Crippen LogP) is 3.14. The minimum Gasteiger partial charge on any atom is -0.342 e. The van der Waals surface area contributed by atoms with Crippen LogP contribution in [0.1, 0.15) is 5.56 Å². The van der Waals surface area contributed by atoms with Gasteiger partial charge in [-0.25, -0.2) is 9.97 Å². The highest BCUT2D eigenvalue weighted by molar-refractivity contribution is 5.96. The lowest BCUT2D eigenvalue weighted by molar-refractivity contribution is -0.116. The number of para-hydroxylation sites is 1. The molecule has 0 fully saturated rings. The van der Waals surface area contributed by atoms with Crippen molar-refractivity contribution in [1.29, 1.82) is 0 Å². The number of hydrogen-bond donors (Lipinski definition) is 2. The van der Waals surface area contributed by atoms with Crippen LogP contribution in [-0.2, 0) is 11.2 Å². The van der Waals surface area contributed by atoms with Crippen LogP contribution in [0.25, 0.3) is 0 Å². The molecule has 1 aromatic heterocycles. The van der Waals surface area contributed by atoms with E-state index >= 15 is 0 Å². The second-order valence-corrected chi connectivity index (χ2v) is 5.31. The Bertz CT molecular complexity index is 722. The zero-order valence-electron chi connectivity index (χ0n) is 13.1. The second kappa shape index (κ2) is 7.87. The molecule has 2 N–H and O–H groups in total. The lowest BCUT2D eigenvalue weighted by Crippen LogP contribution is -2.37. The largest absolute Gasteiger partial charge is 0.342 e. The van der Waals surface area contributed by atoms with Crippen molar-refractivity contribution >= 4 is 17.5 Å². The van der Waals surface area contributed by atoms with Crippen LogP contribution in [-0.4, -0.2) is 21.9 Å². The van der Waals surface area contributed by atoms with E-state index in [-0.39, 0.29) is 5.91 Å². The summed E-state index contributed by atoms with van der Waals surface area (Å²) in [6, 6.07) is 20.5. The Morgan fingerprint density at radius 1 is 0.875 bits per heavy atom. The van der Waals surface area contributed by atoms with Gasteiger partial charge in [0.05, 0.1) is 0 Å². The molecule has 1 unspecified atom stereocenters. The highest BCUT2D eigenvalue weighted by Gasteiger charge is 2.20. The zero-order valence-corrected chi connectivity index (χ0v) is 13.1. The molecule has 0 spiro atoms. The molecule has 1 heterocycles. The topological polar surface area (TPSA) is 66.9 Å². The van der Waals surface area contributed by atoms with Gasteiger partial charge in [-0.1, -0.05) is 48.5 Å². The third-order valence-corrected chi connectivity index (χ3v) is 3.51. The van der Waals surface area contributed by atoms with Gasteiger partial charge in [-0.2, -0.15) is 0 Å². The van der Waals surface area contributed by atoms with Crippen molar-refractivity contribution in [2.75, 3.05) is 10.6 Å². The van der Waals surface area contributed by atoms with Crippen molar-refractivity contribution in [1.82, 2.24) is 9.97 Å². The SMILES string of the molecule is O=C(Nc1ccccc1)C(Cc1ccccc1)Nc1ncccn1. The minimum absolute atomic E-state index is 0.127. The van der Waals surface area contributed by atoms with E-state index in [2.05, 4.69) is 20.6 Å². The molecule has 2 aromatic carbocycles. The van der Waals surface area contributed by atoms with E-state index < -0.39 is 6.04 Å². The number of nitrogens with one attached hydrogen (secondary N) is 2. The first-order valence-corrected chi connectivity index (χ1v) is 7.74. The molecule has 0 aliphatic heterocycles. The van der Waals surface area contributed by atoms with E-state index in [4.69, 9.17) is 0 Å². The zero-order chi connectivity index (χ0) is 16.6. The highest BCUT2D eigenvalue weighted by Crippen LogP contribution is 2.11. The second-order valence-electron chi connectivity index (χ2n) is 5.31. The van der Waals surface area contributed by atoms with Gasteiger partial charge < -0.3 is 10.6 Å². The van der Waals surface area contributed by atoms with Crippen molar-refractivity contribution in [3.05, 3.63) is 84.7 Å². The monoisotopic (exact) mass is 318 g/mol. The Labute approximate surface area is 140 Å². The van der Waals surface area contributed by atoms with Crippen molar-refractivity contribution in [2.24, 2.45) is 0 Å². The Morgan fingerprint density at radius 3 is 2.17 bits per heavy atom. The summed E-state index contributed by atoms with van der Waals surface area (Å²) in [5, 5.41) is 6.04. The summed E-state index contributed by atoms with van der Waals surface area (Å²) >= 11 is 0. The summed E-state index contributed by atoms with van der Waals surface area (Å²) in [5.41, 5.74) is 1.82. The number of anilines is 2. The van der Waals surface area contributed by atoms with Crippen LogP contribution in [0.15, 0.2) is 79.1 Å². The molecule has 0 aliphatic rings. The molecular weight excluding hydrogens is 300 g/mol. The number of hydrogen-bond acceptors (Lipinski definition) is 4. The number of amides is 1. The van der Waals surface area contributed by atoms with Gasteiger partial charge in [0.1, 0.15) is 6.04 Å². The average molecular weight is 318 g/mol. The minimum atomic E-state index is -0.477. The van der Waals surface area contributed by atoms with Gasteiger partial charge in [0, 0.05) is 24.5 Å². The molecule has 0 aliphatic carbocycles. The standard InChI is InChI=1S/C19H18N4O/c24-18(22-16-10-5-2-6-11-16)17(14-15-8-3-1-4-9-15)23-19-20-12-7-13-21-19/h1-13,17H,14H2,(H,22,24)(H,20,21,23). The van der Waals surface area contributed by atoms with Crippen molar-refractivity contribution < 1.29 is 4.79 Å². The summed E-state index contributed by atoms with van der Waals surface area (Å²) in [4.78, 5) is 21.0. The van der Waals surface area contributed by atoms with Crippen LogP contribution < -0.4 is 10.6 Å². The van der Waals surface area contributed by atoms with Crippen LogP contribution in [0.3, 0.4) is 0 Å². The molecule has 0 saturated carbocycles. The Hall–Kier alpha value is -3.21. The Kier molecular flexibility index (Phi) is 5.14. The molecule has 24 heavy (non-hydrogen) atoms. The van der Waals surface area contributed by atoms with E-state index in [1.165, 1.54) is 0 Å². The van der Waals surface area contributed by atoms with Gasteiger partial charge in [0.2, 0.25) is 11.9 Å². The first-order chi connectivity index (χ1) is 11.8. The molecule has 5 nitrogen and oxygen atoms in total. The summed E-state index contributed by atoms with van der Waals surface area (Å²) in [6.45, 7) is 0. The van der Waals surface area contributed by atoms with Gasteiger partial charge in [-0.3, -0.25) is 4.79 Å². The fourth-order valence-corrected chi connectivity index (χ4v) is 2.34. The number of carbonyl (C=O) groups is 1. The van der Waals surface area contributed by atoms with E-state index in [0.29, 0.717) is 12.4 Å². The van der Waals surface area contributed by atoms with Crippen LogP contribution in [0, 0.1) is 0 Å². The number of aromatic nitrogens is 2. The van der Waals surface area contributed by atoms with Crippen LogP contribution >= 0.6 is 0 Å². The summed E-state index contributed by atoms with van der Waals surface area (Å²) in [5.74, 6) is 0.305. The van der Waals surface area contributed by atoms with Gasteiger partial charge in [-0.15, -0.1) is 0 Å². The molecule has 5 heteroatoms. The molecule has 3 rings (SSSR count). The number of rotatable bonds is 6. The van der Waals surface area contributed by atoms with Gasteiger partial charge >= 0.3 is 0 Å². The molecular formula is C19H18N4O. The maximum Gasteiger partial charge on any atom is 0.247 e. The predicted molar refractivity (Wildman–Crippen MR) is 94.7 cm³/mol. The number of carbonyl (C=O) groups excluding carboxylic acids is 1. The fraction of sp³-hybridized carbons (Fsp3) is 0.105. The molecule has 0 bridgehead atoms. The molecule has 1 atom stereocenters. The highest BCUT2D eigenvalue weighted by atomic mass is 16.2. The number of nitrogens with zero attached hydrogens (tertiary/aromatic N) is 2. The van der Waals surface area contributed by atoms with E-state index in [1.807, 2.05) is 60.7 Å². The Morgan fingerprint density at radius 2 is 1.50 bits per heavy atom. The normalized spacial score (nSPS) is 11.5. The quantitative estimate of drug-likeness (QED) is 0.733. The number of benzene rings is 2. The van der Waals surface area contributed by atoms with Gasteiger partial charge in [0.25, 0.3) is 0 Å². The van der Waals surface area contributed by atoms with Gasteiger partial charge in [0.15, 0.2) is 0 Å². The van der Waals surface area contributed by atoms with E-state index in [0.717, 1.165) is 11.3 Å². The first kappa shape index (κ1) is 15.7. The van der Waals surface area contributed by atoms with Crippen LogP contribution in [0.5, 0.6) is 0 Å². The third-order valence-electron chi connectivity index (χ3n) is 3.51. The van der Waals surface area contributed by atoms with E-state index in [1.54, 1.807) is 18.5 Å². The third kappa shape index (κ3) is 4.39. The van der Waals surface area contributed by atoms with Gasteiger partial charge in [-0.05, 0) is 23.8 Å². The van der Waals surface area contributed by atoms with E-state index in [9.17, 15) is 4.79 Å². The maximum atomic E-state index is 12.7. The fourth-order valence-electron chi connectivity index (χ4n) is 2.34. The molecule has 1 amide bonds. The van der Waals surface area contributed by atoms with Crippen molar-refractivity contribution in [3.63, 3.8) is 0 Å². The molecule has 3 aromatic rings. The molecule has 120 valence electrons. The lowest BCUT2D eigenvalue weighted by Gasteiger charge is -2.18. The first-order valence-electron chi connectivity index (χ1n) is 7.74. The smallest absolute Gasteiger partial charge is 0.247 e. The molecule has 0 saturated heterocycles. The average Bonchev–Trinajstić information content (AvgIpc) is 2.64. The summed E-state index contributed by atoms with van der Waals surface area (Å²) in [7, 11) is 0. The van der Waals surface area contributed by atoms with Crippen molar-refractivity contribution in [3.8, 4) is 0 Å². The van der Waals surface area contributed by atoms with Crippen molar-refractivity contribution in [2.45, 2.75) is 12.5 Å². The maximum absolute atomic E-state index is 12.7. The van der Waals surface area contributed by atoms with Crippen LogP contribution in [0.4, 0.5) is 11.6 Å². The van der Waals surface area contributed by atoms with Crippen LogP contribution in [0.2, 0.25) is 0 Å². The molecule has 0 radical (unpaired) electrons. The Balaban J connectivity index is 1.76.